The van der Waals surface area contributed by atoms with Crippen molar-refractivity contribution in [2.75, 3.05) is 0 Å². The van der Waals surface area contributed by atoms with E-state index in [0.29, 0.717) is 17.9 Å². The first kappa shape index (κ1) is 30.7. The van der Waals surface area contributed by atoms with Crippen LogP contribution in [0.15, 0.2) is 43.0 Å². The first-order chi connectivity index (χ1) is 17.7. The minimum absolute atomic E-state index is 0.385. The number of benzene rings is 1. The molecule has 2 nitrogen and oxygen atoms in total. The molecule has 1 unspecified atom stereocenters. The van der Waals surface area contributed by atoms with E-state index >= 15 is 0 Å². The highest BCUT2D eigenvalue weighted by Gasteiger charge is 2.22. The monoisotopic (exact) mass is 494 g/mol. The normalized spacial score (nSPS) is 13.4. The van der Waals surface area contributed by atoms with Crippen LogP contribution in [0, 0.1) is 5.92 Å². The predicted molar refractivity (Wildman–Crippen MR) is 159 cm³/mol. The molecule has 0 aliphatic heterocycles. The molecule has 0 aliphatic rings. The maximum absolute atomic E-state index is 4.31. The average molecular weight is 495 g/mol. The Labute approximate surface area is 224 Å². The van der Waals surface area contributed by atoms with Crippen molar-refractivity contribution in [1.29, 1.82) is 0 Å². The van der Waals surface area contributed by atoms with Crippen molar-refractivity contribution in [3.05, 3.63) is 54.1 Å². The van der Waals surface area contributed by atoms with Crippen LogP contribution in [-0.4, -0.2) is 9.55 Å². The topological polar surface area (TPSA) is 17.8 Å². The molecule has 0 saturated carbocycles. The van der Waals surface area contributed by atoms with Gasteiger partial charge in [-0.2, -0.15) is 0 Å². The Kier molecular flexibility index (Phi) is 16.6. The van der Waals surface area contributed by atoms with Crippen LogP contribution in [0.25, 0.3) is 0 Å². The molecule has 0 saturated heterocycles. The fourth-order valence-electron chi connectivity index (χ4n) is 5.96. The molecule has 0 fully saturated rings. The van der Waals surface area contributed by atoms with Crippen molar-refractivity contribution in [2.24, 2.45) is 5.92 Å². The van der Waals surface area contributed by atoms with E-state index in [-0.39, 0.29) is 0 Å². The van der Waals surface area contributed by atoms with Crippen molar-refractivity contribution < 1.29 is 0 Å². The summed E-state index contributed by atoms with van der Waals surface area (Å²) in [6, 6.07) is 9.58. The van der Waals surface area contributed by atoms with Gasteiger partial charge in [-0.3, -0.25) is 0 Å². The Morgan fingerprint density at radius 2 is 1.17 bits per heavy atom. The van der Waals surface area contributed by atoms with Crippen molar-refractivity contribution in [2.45, 2.75) is 155 Å². The van der Waals surface area contributed by atoms with E-state index in [1.807, 2.05) is 12.5 Å². The third-order valence-corrected chi connectivity index (χ3v) is 8.20. The van der Waals surface area contributed by atoms with Crippen LogP contribution < -0.4 is 0 Å². The van der Waals surface area contributed by atoms with Gasteiger partial charge in [0, 0.05) is 12.4 Å². The van der Waals surface area contributed by atoms with E-state index < -0.39 is 0 Å². The van der Waals surface area contributed by atoms with Crippen LogP contribution >= 0.6 is 0 Å². The van der Waals surface area contributed by atoms with Gasteiger partial charge >= 0.3 is 0 Å². The van der Waals surface area contributed by atoms with Gasteiger partial charge in [0.25, 0.3) is 0 Å². The third kappa shape index (κ3) is 11.7. The van der Waals surface area contributed by atoms with Crippen LogP contribution in [0.5, 0.6) is 0 Å². The lowest BCUT2D eigenvalue weighted by Gasteiger charge is -2.28. The quantitative estimate of drug-likeness (QED) is 0.149. The molecule has 2 atom stereocenters. The maximum atomic E-state index is 4.31. The number of hydrogen-bond donors (Lipinski definition) is 0. The molecular weight excluding hydrogens is 436 g/mol. The first-order valence-corrected chi connectivity index (χ1v) is 15.7. The zero-order valence-corrected chi connectivity index (χ0v) is 24.4. The van der Waals surface area contributed by atoms with Gasteiger partial charge in [0.05, 0.1) is 12.4 Å². The molecule has 0 amide bonds. The van der Waals surface area contributed by atoms with E-state index in [4.69, 9.17) is 0 Å². The number of unbranched alkanes of at least 4 members (excludes halogenated alkanes) is 15. The zero-order valence-electron chi connectivity index (χ0n) is 24.4. The van der Waals surface area contributed by atoms with Crippen molar-refractivity contribution in [3.8, 4) is 0 Å². The highest BCUT2D eigenvalue weighted by molar-refractivity contribution is 5.34. The van der Waals surface area contributed by atoms with Gasteiger partial charge in [0.1, 0.15) is 0 Å². The molecule has 1 aromatic carbocycles. The summed E-state index contributed by atoms with van der Waals surface area (Å²) >= 11 is 0. The molecule has 1 aromatic heterocycles. The number of rotatable bonds is 22. The minimum atomic E-state index is 0.385. The lowest BCUT2D eigenvalue weighted by molar-refractivity contribution is 0.432. The fourth-order valence-corrected chi connectivity index (χ4v) is 5.96. The van der Waals surface area contributed by atoms with Crippen molar-refractivity contribution in [3.63, 3.8) is 0 Å². The maximum Gasteiger partial charge on any atom is 0.0951 e. The summed E-state index contributed by atoms with van der Waals surface area (Å²) in [5, 5.41) is 0. The lowest BCUT2D eigenvalue weighted by atomic mass is 9.80. The Bertz CT molecular complexity index is 748. The van der Waals surface area contributed by atoms with Crippen molar-refractivity contribution in [1.82, 2.24) is 9.55 Å². The smallest absolute Gasteiger partial charge is 0.0951 e. The molecule has 2 heteroatoms. The molecule has 1 heterocycles. The largest absolute Gasteiger partial charge is 0.330 e. The highest BCUT2D eigenvalue weighted by atomic mass is 15.0. The molecule has 204 valence electrons. The molecule has 2 rings (SSSR count). The molecule has 36 heavy (non-hydrogen) atoms. The average Bonchev–Trinajstić information content (AvgIpc) is 3.41. The first-order valence-electron chi connectivity index (χ1n) is 15.7. The Balaban J connectivity index is 1.62. The predicted octanol–water partition coefficient (Wildman–Crippen LogP) is 11.3. The number of imidazole rings is 1. The summed E-state index contributed by atoms with van der Waals surface area (Å²) in [5.41, 5.74) is 3.06. The Morgan fingerprint density at radius 1 is 0.667 bits per heavy atom. The fraction of sp³-hybridized carbons (Fsp3) is 0.735. The van der Waals surface area contributed by atoms with E-state index in [1.54, 1.807) is 5.56 Å². The van der Waals surface area contributed by atoms with Crippen LogP contribution in [0.2, 0.25) is 0 Å². The number of nitrogens with zero attached hydrogens (tertiary/aromatic N) is 2. The summed E-state index contributed by atoms with van der Waals surface area (Å²) in [5.74, 6) is 1.31. The molecule has 2 aromatic rings. The lowest BCUT2D eigenvalue weighted by Crippen LogP contribution is -2.15. The van der Waals surface area contributed by atoms with Gasteiger partial charge in [0.15, 0.2) is 0 Å². The zero-order chi connectivity index (χ0) is 25.8. The van der Waals surface area contributed by atoms with Gasteiger partial charge in [-0.25, -0.2) is 4.98 Å². The minimum Gasteiger partial charge on any atom is -0.330 e. The standard InChI is InChI=1S/C34H58N2/c1-5-7-8-9-10-11-12-13-14-15-16-17-18-19-20-21-24-31(30(3)4)32-25-22-23-26-33(32)34(6-2)36-28-27-35-29-36/h22-23,25-31,34H,5-21,24H2,1-4H3/t31-,34?/m0/s1. The second-order valence-corrected chi connectivity index (χ2v) is 11.5. The molecule has 0 bridgehead atoms. The molecule has 0 aliphatic carbocycles. The van der Waals surface area contributed by atoms with Crippen LogP contribution in [0.3, 0.4) is 0 Å². The third-order valence-electron chi connectivity index (χ3n) is 8.20. The molecule has 0 spiro atoms. The van der Waals surface area contributed by atoms with Gasteiger partial charge in [-0.1, -0.05) is 155 Å². The summed E-state index contributed by atoms with van der Waals surface area (Å²) in [7, 11) is 0. The van der Waals surface area contributed by atoms with Gasteiger partial charge in [0.2, 0.25) is 0 Å². The van der Waals surface area contributed by atoms with E-state index in [2.05, 4.69) is 67.7 Å². The van der Waals surface area contributed by atoms with Crippen LogP contribution in [-0.2, 0) is 0 Å². The van der Waals surface area contributed by atoms with Gasteiger partial charge < -0.3 is 4.57 Å². The summed E-state index contributed by atoms with van der Waals surface area (Å²) < 4.78 is 2.28. The van der Waals surface area contributed by atoms with Crippen molar-refractivity contribution >= 4 is 0 Å². The summed E-state index contributed by atoms with van der Waals surface area (Å²) in [4.78, 5) is 4.31. The van der Waals surface area contributed by atoms with E-state index in [9.17, 15) is 0 Å². The summed E-state index contributed by atoms with van der Waals surface area (Å²) in [6.07, 6.45) is 31.4. The Hall–Kier alpha value is -1.57. The van der Waals surface area contributed by atoms with Crippen LogP contribution in [0.1, 0.15) is 166 Å². The van der Waals surface area contributed by atoms with Crippen LogP contribution in [0.4, 0.5) is 0 Å². The van der Waals surface area contributed by atoms with E-state index in [1.165, 1.54) is 115 Å². The second-order valence-electron chi connectivity index (χ2n) is 11.5. The molecular formula is C34H58N2. The van der Waals surface area contributed by atoms with Gasteiger partial charge in [-0.15, -0.1) is 0 Å². The number of hydrogen-bond acceptors (Lipinski definition) is 1. The highest BCUT2D eigenvalue weighted by Crippen LogP contribution is 2.36. The second kappa shape index (κ2) is 19.5. The number of aromatic nitrogens is 2. The van der Waals surface area contributed by atoms with E-state index in [0.717, 1.165) is 6.42 Å². The molecule has 0 radical (unpaired) electrons. The Morgan fingerprint density at radius 3 is 1.61 bits per heavy atom. The molecule has 0 N–H and O–H groups in total. The SMILES string of the molecule is CCCCCCCCCCCCCCCCCC[C@H](c1ccccc1C(CC)n1ccnc1)C(C)C. The summed E-state index contributed by atoms with van der Waals surface area (Å²) in [6.45, 7) is 9.41. The van der Waals surface area contributed by atoms with Gasteiger partial charge in [-0.05, 0) is 35.8 Å².